The third-order valence-electron chi connectivity index (χ3n) is 5.04. The van der Waals surface area contributed by atoms with Crippen molar-refractivity contribution >= 4 is 40.5 Å². The molecule has 35 heavy (non-hydrogen) atoms. The van der Waals surface area contributed by atoms with Gasteiger partial charge in [0.05, 0.1) is 23.9 Å². The molecule has 7 nitrogen and oxygen atoms in total. The molecule has 0 saturated heterocycles. The van der Waals surface area contributed by atoms with E-state index in [0.717, 1.165) is 10.8 Å². The molecule has 8 heteroatoms. The van der Waals surface area contributed by atoms with Gasteiger partial charge in [-0.25, -0.2) is 10.2 Å². The second-order valence-corrected chi connectivity index (χ2v) is 7.71. The highest BCUT2D eigenvalue weighted by Gasteiger charge is 2.16. The lowest BCUT2D eigenvalue weighted by atomic mass is 10.0. The summed E-state index contributed by atoms with van der Waals surface area (Å²) in [6, 6.07) is 24.7. The van der Waals surface area contributed by atoms with Crippen molar-refractivity contribution < 1.29 is 23.8 Å². The third kappa shape index (κ3) is 5.77. The Hall–Kier alpha value is -4.36. The maximum Gasteiger partial charge on any atom is 0.345 e. The van der Waals surface area contributed by atoms with E-state index >= 15 is 0 Å². The van der Waals surface area contributed by atoms with Crippen LogP contribution in [-0.4, -0.2) is 31.8 Å². The molecule has 0 fully saturated rings. The molecular formula is C27H21ClN2O5. The molecule has 0 saturated carbocycles. The number of hydrazone groups is 1. The number of halogens is 1. The van der Waals surface area contributed by atoms with Gasteiger partial charge in [-0.05, 0) is 41.1 Å². The molecule has 4 rings (SSSR count). The lowest BCUT2D eigenvalue weighted by molar-refractivity contribution is -0.123. The molecule has 0 heterocycles. The zero-order valence-electron chi connectivity index (χ0n) is 18.7. The van der Waals surface area contributed by atoms with Crippen LogP contribution in [0.15, 0.2) is 90.0 Å². The summed E-state index contributed by atoms with van der Waals surface area (Å²) in [5, 5.41) is 6.05. The van der Waals surface area contributed by atoms with Crippen LogP contribution in [0.1, 0.15) is 15.9 Å². The van der Waals surface area contributed by atoms with E-state index in [0.29, 0.717) is 17.1 Å². The van der Waals surface area contributed by atoms with Crippen molar-refractivity contribution in [3.8, 4) is 17.2 Å². The normalized spacial score (nSPS) is 10.8. The van der Waals surface area contributed by atoms with Crippen molar-refractivity contribution in [2.24, 2.45) is 5.10 Å². The standard InChI is InChI=1S/C27H21ClN2O5/c1-33-24-12-6-7-13-25(24)34-17-26(31)30-29-16-21-19-9-3-2-8-18(19)14-15-23(21)35-27(32)20-10-4-5-11-22(20)28/h2-16H,17H2,1H3,(H,30,31). The summed E-state index contributed by atoms with van der Waals surface area (Å²) in [5.41, 5.74) is 3.19. The van der Waals surface area contributed by atoms with Crippen LogP contribution in [0.4, 0.5) is 0 Å². The minimum Gasteiger partial charge on any atom is -0.493 e. The molecular weight excluding hydrogens is 468 g/mol. The summed E-state index contributed by atoms with van der Waals surface area (Å²) < 4.78 is 16.4. The molecule has 0 aromatic heterocycles. The quantitative estimate of drug-likeness (QED) is 0.158. The molecule has 4 aromatic rings. The number of carbonyl (C=O) groups is 2. The van der Waals surface area contributed by atoms with E-state index in [9.17, 15) is 9.59 Å². The number of hydrogen-bond donors (Lipinski definition) is 1. The number of amides is 1. The van der Waals surface area contributed by atoms with E-state index < -0.39 is 11.9 Å². The number of ether oxygens (including phenoxy) is 3. The van der Waals surface area contributed by atoms with E-state index in [4.69, 9.17) is 25.8 Å². The van der Waals surface area contributed by atoms with E-state index in [1.54, 1.807) is 54.6 Å². The Bertz CT molecular complexity index is 1400. The van der Waals surface area contributed by atoms with E-state index in [1.165, 1.54) is 13.3 Å². The Labute approximate surface area is 206 Å². The number of nitrogens with one attached hydrogen (secondary N) is 1. The van der Waals surface area contributed by atoms with Crippen molar-refractivity contribution in [1.82, 2.24) is 5.43 Å². The first kappa shape index (κ1) is 23.8. The van der Waals surface area contributed by atoms with Crippen LogP contribution in [-0.2, 0) is 4.79 Å². The smallest absolute Gasteiger partial charge is 0.345 e. The van der Waals surface area contributed by atoms with Gasteiger partial charge in [0.25, 0.3) is 5.91 Å². The number of methoxy groups -OCH3 is 1. The lowest BCUT2D eigenvalue weighted by Gasteiger charge is -2.11. The molecule has 1 N–H and O–H groups in total. The molecule has 0 bridgehead atoms. The molecule has 0 aliphatic rings. The second kappa shape index (κ2) is 11.2. The van der Waals surface area contributed by atoms with Crippen LogP contribution in [0.5, 0.6) is 17.2 Å². The molecule has 176 valence electrons. The van der Waals surface area contributed by atoms with E-state index in [-0.39, 0.29) is 22.9 Å². The Kier molecular flexibility index (Phi) is 7.60. The van der Waals surface area contributed by atoms with Gasteiger partial charge in [-0.3, -0.25) is 4.79 Å². The predicted molar refractivity (Wildman–Crippen MR) is 135 cm³/mol. The molecule has 0 aliphatic heterocycles. The summed E-state index contributed by atoms with van der Waals surface area (Å²) in [6.07, 6.45) is 1.43. The SMILES string of the molecule is COc1ccccc1OCC(=O)NN=Cc1c(OC(=O)c2ccccc2Cl)ccc2ccccc12. The minimum absolute atomic E-state index is 0.243. The van der Waals surface area contributed by atoms with Gasteiger partial charge in [0, 0.05) is 5.56 Å². The summed E-state index contributed by atoms with van der Waals surface area (Å²) in [7, 11) is 1.52. The summed E-state index contributed by atoms with van der Waals surface area (Å²) in [6.45, 7) is -0.262. The van der Waals surface area contributed by atoms with Gasteiger partial charge < -0.3 is 14.2 Å². The number of hydrogen-bond acceptors (Lipinski definition) is 6. The van der Waals surface area contributed by atoms with E-state index in [2.05, 4.69) is 10.5 Å². The molecule has 4 aromatic carbocycles. The van der Waals surface area contributed by atoms with Gasteiger partial charge in [-0.1, -0.05) is 66.2 Å². The lowest BCUT2D eigenvalue weighted by Crippen LogP contribution is -2.24. The van der Waals surface area contributed by atoms with Gasteiger partial charge in [0.1, 0.15) is 5.75 Å². The van der Waals surface area contributed by atoms with Crippen molar-refractivity contribution in [1.29, 1.82) is 0 Å². The fourth-order valence-corrected chi connectivity index (χ4v) is 3.57. The molecule has 0 radical (unpaired) electrons. The number of nitrogens with zero attached hydrogens (tertiary/aromatic N) is 1. The Morgan fingerprint density at radius 2 is 1.60 bits per heavy atom. The number of rotatable bonds is 8. The van der Waals surface area contributed by atoms with Gasteiger partial charge >= 0.3 is 5.97 Å². The average Bonchev–Trinajstić information content (AvgIpc) is 2.88. The van der Waals surface area contributed by atoms with Crippen LogP contribution in [0.2, 0.25) is 5.02 Å². The van der Waals surface area contributed by atoms with Crippen molar-refractivity contribution in [2.75, 3.05) is 13.7 Å². The van der Waals surface area contributed by atoms with Crippen LogP contribution in [0, 0.1) is 0 Å². The summed E-state index contributed by atoms with van der Waals surface area (Å²) in [5.74, 6) is 0.162. The number of para-hydroxylation sites is 2. The Morgan fingerprint density at radius 3 is 2.40 bits per heavy atom. The first-order valence-corrected chi connectivity index (χ1v) is 11.0. The van der Waals surface area contributed by atoms with E-state index in [1.807, 2.05) is 30.3 Å². The molecule has 0 unspecified atom stereocenters. The fraction of sp³-hybridized carbons (Fsp3) is 0.0741. The van der Waals surface area contributed by atoms with Gasteiger partial charge in [0.2, 0.25) is 0 Å². The van der Waals surface area contributed by atoms with Crippen LogP contribution >= 0.6 is 11.6 Å². The fourth-order valence-electron chi connectivity index (χ4n) is 3.36. The average molecular weight is 489 g/mol. The zero-order valence-corrected chi connectivity index (χ0v) is 19.5. The van der Waals surface area contributed by atoms with Crippen LogP contribution < -0.4 is 19.6 Å². The minimum atomic E-state index is -0.602. The monoisotopic (exact) mass is 488 g/mol. The van der Waals surface area contributed by atoms with Crippen molar-refractivity contribution in [3.05, 3.63) is 101 Å². The number of fused-ring (bicyclic) bond motifs is 1. The predicted octanol–water partition coefficient (Wildman–Crippen LogP) is 5.25. The van der Waals surface area contributed by atoms with Crippen molar-refractivity contribution in [3.63, 3.8) is 0 Å². The van der Waals surface area contributed by atoms with Gasteiger partial charge in [-0.2, -0.15) is 5.10 Å². The summed E-state index contributed by atoms with van der Waals surface area (Å²) in [4.78, 5) is 25.0. The van der Waals surface area contributed by atoms with Crippen LogP contribution in [0.3, 0.4) is 0 Å². The molecule has 1 amide bonds. The topological polar surface area (TPSA) is 86.2 Å². The Morgan fingerprint density at radius 1 is 0.886 bits per heavy atom. The van der Waals surface area contributed by atoms with Gasteiger partial charge in [0.15, 0.2) is 18.1 Å². The Balaban J connectivity index is 1.51. The molecule has 0 atom stereocenters. The van der Waals surface area contributed by atoms with Gasteiger partial charge in [-0.15, -0.1) is 0 Å². The maximum absolute atomic E-state index is 12.7. The van der Waals surface area contributed by atoms with Crippen LogP contribution in [0.25, 0.3) is 10.8 Å². The maximum atomic E-state index is 12.7. The first-order chi connectivity index (χ1) is 17.1. The third-order valence-corrected chi connectivity index (χ3v) is 5.37. The highest BCUT2D eigenvalue weighted by molar-refractivity contribution is 6.33. The molecule has 0 aliphatic carbocycles. The summed E-state index contributed by atoms with van der Waals surface area (Å²) >= 11 is 6.14. The number of esters is 1. The highest BCUT2D eigenvalue weighted by atomic mass is 35.5. The highest BCUT2D eigenvalue weighted by Crippen LogP contribution is 2.28. The molecule has 0 spiro atoms. The largest absolute Gasteiger partial charge is 0.493 e. The second-order valence-electron chi connectivity index (χ2n) is 7.30. The number of carbonyl (C=O) groups excluding carboxylic acids is 2. The zero-order chi connectivity index (χ0) is 24.6. The number of benzene rings is 4. The first-order valence-electron chi connectivity index (χ1n) is 10.6. The van der Waals surface area contributed by atoms with Crippen molar-refractivity contribution in [2.45, 2.75) is 0 Å².